The van der Waals surface area contributed by atoms with Gasteiger partial charge in [-0.1, -0.05) is 28.1 Å². The predicted molar refractivity (Wildman–Crippen MR) is 60.3 cm³/mol. The molecular formula is C11H12BrNO. The van der Waals surface area contributed by atoms with Gasteiger partial charge in [-0.15, -0.1) is 0 Å². The lowest BCUT2D eigenvalue weighted by molar-refractivity contribution is 0.563. The summed E-state index contributed by atoms with van der Waals surface area (Å²) in [6.45, 7) is 4.64. The van der Waals surface area contributed by atoms with Gasteiger partial charge in [0.1, 0.15) is 0 Å². The zero-order valence-corrected chi connectivity index (χ0v) is 9.89. The molecule has 3 heteroatoms. The lowest BCUT2D eigenvalue weighted by Crippen LogP contribution is -1.92. The average molecular weight is 254 g/mol. The highest BCUT2D eigenvalue weighted by molar-refractivity contribution is 9.10. The van der Waals surface area contributed by atoms with Crippen LogP contribution in [0.5, 0.6) is 0 Å². The Morgan fingerprint density at radius 2 is 1.93 bits per heavy atom. The van der Waals surface area contributed by atoms with E-state index >= 15 is 0 Å². The largest absolute Gasteiger partial charge is 0.234 e. The van der Waals surface area contributed by atoms with Gasteiger partial charge in [0.25, 0.3) is 0 Å². The van der Waals surface area contributed by atoms with E-state index in [0.717, 1.165) is 10.9 Å². The number of carbonyl (C=O) groups excluding carboxylic acids is 1. The molecule has 0 bridgehead atoms. The van der Waals surface area contributed by atoms with Gasteiger partial charge in [0, 0.05) is 4.47 Å². The summed E-state index contributed by atoms with van der Waals surface area (Å²) in [4.78, 5) is 13.4. The van der Waals surface area contributed by atoms with E-state index in [1.807, 2.05) is 0 Å². The Labute approximate surface area is 92.2 Å². The number of hydrogen-bond donors (Lipinski definition) is 0. The van der Waals surface area contributed by atoms with Crippen molar-refractivity contribution in [3.05, 3.63) is 33.3 Å². The van der Waals surface area contributed by atoms with Gasteiger partial charge >= 0.3 is 0 Å². The molecule has 0 saturated carbocycles. The van der Waals surface area contributed by atoms with Gasteiger partial charge in [0.2, 0.25) is 6.08 Å². The maximum Gasteiger partial charge on any atom is 0.234 e. The number of hydrogen-bond acceptors (Lipinski definition) is 2. The minimum absolute atomic E-state index is 0.518. The lowest BCUT2D eigenvalue weighted by atomic mass is 10.1. The van der Waals surface area contributed by atoms with E-state index in [2.05, 4.69) is 46.9 Å². The maximum atomic E-state index is 9.88. The van der Waals surface area contributed by atoms with Gasteiger partial charge in [-0.05, 0) is 37.0 Å². The highest BCUT2D eigenvalue weighted by Gasteiger charge is 2.01. The summed E-state index contributed by atoms with van der Waals surface area (Å²) < 4.78 is 1.15. The molecule has 14 heavy (non-hydrogen) atoms. The number of halogens is 1. The Morgan fingerprint density at radius 3 is 2.43 bits per heavy atom. The van der Waals surface area contributed by atoms with Crippen LogP contribution in [-0.2, 0) is 11.2 Å². The summed E-state index contributed by atoms with van der Waals surface area (Å²) in [7, 11) is 0. The first-order valence-corrected chi connectivity index (χ1v) is 5.23. The third-order valence-corrected chi connectivity index (χ3v) is 3.32. The second kappa shape index (κ2) is 5.08. The molecule has 0 spiro atoms. The van der Waals surface area contributed by atoms with Gasteiger partial charge < -0.3 is 0 Å². The smallest absolute Gasteiger partial charge is 0.211 e. The summed E-state index contributed by atoms with van der Waals surface area (Å²) in [5.41, 5.74) is 3.65. The number of aryl methyl sites for hydroxylation is 2. The van der Waals surface area contributed by atoms with Crippen molar-refractivity contribution in [2.45, 2.75) is 20.3 Å². The van der Waals surface area contributed by atoms with Crippen molar-refractivity contribution < 1.29 is 4.79 Å². The molecule has 0 N–H and O–H groups in total. The molecule has 0 aliphatic rings. The molecule has 0 aliphatic carbocycles. The third kappa shape index (κ3) is 2.79. The van der Waals surface area contributed by atoms with Gasteiger partial charge in [-0.25, -0.2) is 9.79 Å². The second-order valence-electron chi connectivity index (χ2n) is 3.27. The van der Waals surface area contributed by atoms with Crippen LogP contribution in [0.2, 0.25) is 0 Å². The third-order valence-electron chi connectivity index (χ3n) is 2.07. The van der Waals surface area contributed by atoms with E-state index in [4.69, 9.17) is 0 Å². The summed E-state index contributed by atoms with van der Waals surface area (Å²) >= 11 is 3.51. The minimum Gasteiger partial charge on any atom is -0.211 e. The Kier molecular flexibility index (Phi) is 4.05. The fourth-order valence-electron chi connectivity index (χ4n) is 1.41. The van der Waals surface area contributed by atoms with Crippen LogP contribution in [-0.4, -0.2) is 12.6 Å². The molecule has 1 rings (SSSR count). The molecule has 0 unspecified atom stereocenters. The molecule has 2 nitrogen and oxygen atoms in total. The number of nitrogens with zero attached hydrogens (tertiary/aromatic N) is 1. The number of isocyanates is 1. The Hall–Kier alpha value is -0.920. The van der Waals surface area contributed by atoms with Crippen LogP contribution in [0, 0.1) is 13.8 Å². The molecule has 1 aromatic rings. The normalized spacial score (nSPS) is 9.64. The van der Waals surface area contributed by atoms with Crippen molar-refractivity contribution in [1.82, 2.24) is 0 Å². The molecule has 0 heterocycles. The van der Waals surface area contributed by atoms with Crippen LogP contribution in [0.1, 0.15) is 16.7 Å². The monoisotopic (exact) mass is 253 g/mol. The van der Waals surface area contributed by atoms with E-state index in [1.54, 1.807) is 6.08 Å². The van der Waals surface area contributed by atoms with Crippen LogP contribution in [0.15, 0.2) is 21.6 Å². The average Bonchev–Trinajstić information content (AvgIpc) is 2.14. The van der Waals surface area contributed by atoms with Gasteiger partial charge in [-0.2, -0.15) is 0 Å². The summed E-state index contributed by atoms with van der Waals surface area (Å²) in [5.74, 6) is 0. The highest BCUT2D eigenvalue weighted by atomic mass is 79.9. The molecule has 0 saturated heterocycles. The van der Waals surface area contributed by atoms with Crippen LogP contribution in [0.25, 0.3) is 0 Å². The second-order valence-corrected chi connectivity index (χ2v) is 4.06. The summed E-state index contributed by atoms with van der Waals surface area (Å²) in [5, 5.41) is 0. The topological polar surface area (TPSA) is 29.4 Å². The zero-order valence-electron chi connectivity index (χ0n) is 8.30. The first-order valence-electron chi connectivity index (χ1n) is 4.44. The van der Waals surface area contributed by atoms with E-state index in [0.29, 0.717) is 6.54 Å². The van der Waals surface area contributed by atoms with Crippen molar-refractivity contribution in [2.24, 2.45) is 4.99 Å². The molecule has 0 atom stereocenters. The van der Waals surface area contributed by atoms with Crippen molar-refractivity contribution in [2.75, 3.05) is 6.54 Å². The van der Waals surface area contributed by atoms with Crippen molar-refractivity contribution >= 4 is 22.0 Å². The highest BCUT2D eigenvalue weighted by Crippen LogP contribution is 2.22. The van der Waals surface area contributed by atoms with Crippen LogP contribution in [0.4, 0.5) is 0 Å². The number of benzene rings is 1. The number of aliphatic imine (C=N–C) groups is 1. The van der Waals surface area contributed by atoms with Crippen LogP contribution >= 0.6 is 15.9 Å². The van der Waals surface area contributed by atoms with Crippen LogP contribution in [0.3, 0.4) is 0 Å². The molecule has 0 amide bonds. The first-order chi connectivity index (χ1) is 6.65. The molecule has 1 aromatic carbocycles. The standard InChI is InChI=1S/C11H12BrNO/c1-8-5-10(3-4-13-7-14)6-9(2)11(8)12/h5-6H,3-4H2,1-2H3. The van der Waals surface area contributed by atoms with Gasteiger partial charge in [0.15, 0.2) is 0 Å². The Bertz CT molecular complexity index is 358. The number of rotatable bonds is 3. The predicted octanol–water partition coefficient (Wildman–Crippen LogP) is 2.94. The molecule has 74 valence electrons. The molecule has 0 radical (unpaired) electrons. The summed E-state index contributed by atoms with van der Waals surface area (Å²) in [6.07, 6.45) is 2.34. The van der Waals surface area contributed by atoms with Gasteiger partial charge in [0.05, 0.1) is 6.54 Å². The van der Waals surface area contributed by atoms with Crippen molar-refractivity contribution in [3.63, 3.8) is 0 Å². The fourth-order valence-corrected chi connectivity index (χ4v) is 1.64. The Balaban J connectivity index is 2.84. The van der Waals surface area contributed by atoms with E-state index in [1.165, 1.54) is 16.7 Å². The van der Waals surface area contributed by atoms with Gasteiger partial charge in [-0.3, -0.25) is 0 Å². The first kappa shape index (κ1) is 11.2. The lowest BCUT2D eigenvalue weighted by Gasteiger charge is -2.06. The van der Waals surface area contributed by atoms with Crippen LogP contribution < -0.4 is 0 Å². The van der Waals surface area contributed by atoms with E-state index in [-0.39, 0.29) is 0 Å². The minimum atomic E-state index is 0.518. The molecule has 0 fully saturated rings. The van der Waals surface area contributed by atoms with E-state index < -0.39 is 0 Å². The Morgan fingerprint density at radius 1 is 1.36 bits per heavy atom. The molecule has 0 aromatic heterocycles. The zero-order chi connectivity index (χ0) is 10.6. The van der Waals surface area contributed by atoms with Crippen molar-refractivity contribution in [3.8, 4) is 0 Å². The molecule has 0 aliphatic heterocycles. The molecular weight excluding hydrogens is 242 g/mol. The fraction of sp³-hybridized carbons (Fsp3) is 0.364. The van der Waals surface area contributed by atoms with Crippen molar-refractivity contribution in [1.29, 1.82) is 0 Å². The van der Waals surface area contributed by atoms with E-state index in [9.17, 15) is 4.79 Å². The SMILES string of the molecule is Cc1cc(CCN=C=O)cc(C)c1Br. The maximum absolute atomic E-state index is 9.88. The quantitative estimate of drug-likeness (QED) is 0.602. The summed E-state index contributed by atoms with van der Waals surface area (Å²) in [6, 6.07) is 4.22.